The second-order valence-electron chi connectivity index (χ2n) is 7.81. The molecule has 1 aliphatic rings. The van der Waals surface area contributed by atoms with Crippen LogP contribution in [0, 0.1) is 5.82 Å². The van der Waals surface area contributed by atoms with Crippen molar-refractivity contribution in [2.45, 2.75) is 16.1 Å². The molecule has 2 aromatic carbocycles. The standard InChI is InChI=1S/C25H18FN3O5S3/c1-34-17-11-13(8-9-16(17)30)20-19(21(31)18-7-4-10-35-18)22(32)23(33)29(20)24-27-28-25(37-24)36-12-14-5-2-3-6-15(14)26/h2-11,20,30,32H,12H2,1H3. The molecule has 0 saturated carbocycles. The monoisotopic (exact) mass is 555 g/mol. The van der Waals surface area contributed by atoms with Crippen LogP contribution in [0.3, 0.4) is 0 Å². The fourth-order valence-corrected chi connectivity index (χ4v) is 6.40. The molecule has 0 bridgehead atoms. The first-order valence-electron chi connectivity index (χ1n) is 10.8. The number of thioether (sulfide) groups is 1. The molecule has 12 heteroatoms. The third kappa shape index (κ3) is 4.70. The van der Waals surface area contributed by atoms with Crippen molar-refractivity contribution in [3.05, 3.63) is 93.1 Å². The number of amides is 1. The van der Waals surface area contributed by atoms with Crippen LogP contribution in [0.25, 0.3) is 0 Å². The number of halogens is 1. The Bertz CT molecular complexity index is 1520. The second kappa shape index (κ2) is 10.3. The van der Waals surface area contributed by atoms with Gasteiger partial charge in [-0.2, -0.15) is 0 Å². The van der Waals surface area contributed by atoms with Gasteiger partial charge in [-0.3, -0.25) is 14.5 Å². The number of ketones is 1. The lowest BCUT2D eigenvalue weighted by molar-refractivity contribution is -0.117. The Morgan fingerprint density at radius 1 is 1.16 bits per heavy atom. The Morgan fingerprint density at radius 3 is 2.70 bits per heavy atom. The van der Waals surface area contributed by atoms with Crippen molar-refractivity contribution in [3.63, 3.8) is 0 Å². The van der Waals surface area contributed by atoms with Crippen molar-refractivity contribution < 1.29 is 28.9 Å². The zero-order chi connectivity index (χ0) is 26.1. The summed E-state index contributed by atoms with van der Waals surface area (Å²) in [7, 11) is 1.38. The number of nitrogens with zero attached hydrogens (tertiary/aromatic N) is 3. The molecule has 8 nitrogen and oxygen atoms in total. The summed E-state index contributed by atoms with van der Waals surface area (Å²) in [5.74, 6) is -2.01. The van der Waals surface area contributed by atoms with Gasteiger partial charge >= 0.3 is 0 Å². The van der Waals surface area contributed by atoms with Crippen LogP contribution in [-0.4, -0.2) is 39.2 Å². The van der Waals surface area contributed by atoms with Gasteiger partial charge in [-0.05, 0) is 40.8 Å². The van der Waals surface area contributed by atoms with E-state index in [4.69, 9.17) is 4.74 Å². The van der Waals surface area contributed by atoms with Gasteiger partial charge in [0.15, 0.2) is 21.6 Å². The number of rotatable bonds is 8. The number of aliphatic hydroxyl groups is 1. The summed E-state index contributed by atoms with van der Waals surface area (Å²) in [5, 5.41) is 31.1. The molecule has 1 unspecified atom stereocenters. The molecule has 0 fully saturated rings. The number of methoxy groups -OCH3 is 1. The fraction of sp³-hybridized carbons (Fsp3) is 0.120. The van der Waals surface area contributed by atoms with Gasteiger partial charge in [-0.1, -0.05) is 53.4 Å². The van der Waals surface area contributed by atoms with E-state index in [2.05, 4.69) is 10.2 Å². The molecule has 0 aliphatic carbocycles. The van der Waals surface area contributed by atoms with Crippen molar-refractivity contribution in [3.8, 4) is 11.5 Å². The molecule has 0 saturated heterocycles. The molecule has 2 N–H and O–H groups in total. The highest BCUT2D eigenvalue weighted by Gasteiger charge is 2.46. The quantitative estimate of drug-likeness (QED) is 0.166. The predicted molar refractivity (Wildman–Crippen MR) is 139 cm³/mol. The van der Waals surface area contributed by atoms with Gasteiger partial charge in [0.25, 0.3) is 5.91 Å². The molecule has 37 heavy (non-hydrogen) atoms. The van der Waals surface area contributed by atoms with Crippen LogP contribution in [-0.2, 0) is 10.5 Å². The maximum absolute atomic E-state index is 14.0. The van der Waals surface area contributed by atoms with E-state index in [9.17, 15) is 24.2 Å². The first-order valence-corrected chi connectivity index (χ1v) is 13.5. The first-order chi connectivity index (χ1) is 17.9. The minimum absolute atomic E-state index is 0.115. The normalized spacial score (nSPS) is 15.5. The molecule has 4 aromatic rings. The Balaban J connectivity index is 1.52. The topological polar surface area (TPSA) is 113 Å². The molecule has 5 rings (SSSR count). The highest BCUT2D eigenvalue weighted by atomic mass is 32.2. The lowest BCUT2D eigenvalue weighted by Crippen LogP contribution is -2.31. The SMILES string of the molecule is COc1cc(C2C(C(=O)c3cccs3)=C(O)C(=O)N2c2nnc(SCc3ccccc3F)s2)ccc1O. The van der Waals surface area contributed by atoms with E-state index in [1.54, 1.807) is 35.7 Å². The van der Waals surface area contributed by atoms with Crippen LogP contribution in [0.2, 0.25) is 0 Å². The van der Waals surface area contributed by atoms with Gasteiger partial charge in [0.05, 0.1) is 23.6 Å². The second-order valence-corrected chi connectivity index (χ2v) is 10.9. The number of Topliss-reactive ketones (excluding diaryl/α,β-unsaturated/α-hetero) is 1. The molecular weight excluding hydrogens is 537 g/mol. The molecular formula is C25H18FN3O5S3. The van der Waals surface area contributed by atoms with E-state index < -0.39 is 23.5 Å². The Labute approximate surface area is 222 Å². The van der Waals surface area contributed by atoms with Crippen molar-refractivity contribution in [2.24, 2.45) is 0 Å². The maximum atomic E-state index is 14.0. The number of aromatic hydroxyl groups is 1. The number of anilines is 1. The van der Waals surface area contributed by atoms with E-state index in [1.165, 1.54) is 59.4 Å². The van der Waals surface area contributed by atoms with Crippen molar-refractivity contribution in [1.29, 1.82) is 0 Å². The predicted octanol–water partition coefficient (Wildman–Crippen LogP) is 5.53. The molecule has 2 aromatic heterocycles. The molecule has 0 spiro atoms. The number of hydrogen-bond acceptors (Lipinski definition) is 10. The van der Waals surface area contributed by atoms with Crippen LogP contribution >= 0.6 is 34.4 Å². The molecule has 1 aliphatic heterocycles. The van der Waals surface area contributed by atoms with E-state index in [0.717, 1.165) is 11.3 Å². The van der Waals surface area contributed by atoms with E-state index in [-0.39, 0.29) is 28.0 Å². The summed E-state index contributed by atoms with van der Waals surface area (Å²) >= 11 is 3.52. The van der Waals surface area contributed by atoms with Crippen LogP contribution in [0.4, 0.5) is 9.52 Å². The van der Waals surface area contributed by atoms with Crippen molar-refractivity contribution >= 4 is 51.3 Å². The molecule has 1 amide bonds. The summed E-state index contributed by atoms with van der Waals surface area (Å²) in [6.07, 6.45) is 0. The summed E-state index contributed by atoms with van der Waals surface area (Å²) in [4.78, 5) is 28.3. The molecule has 1 atom stereocenters. The number of phenols is 1. The van der Waals surface area contributed by atoms with Crippen LogP contribution in [0.1, 0.15) is 26.8 Å². The Morgan fingerprint density at radius 2 is 1.97 bits per heavy atom. The number of phenolic OH excluding ortho intramolecular Hbond substituents is 1. The van der Waals surface area contributed by atoms with Gasteiger partial charge < -0.3 is 14.9 Å². The summed E-state index contributed by atoms with van der Waals surface area (Å²) in [5.41, 5.74) is 0.803. The summed E-state index contributed by atoms with van der Waals surface area (Å²) in [6.45, 7) is 0. The van der Waals surface area contributed by atoms with Crippen LogP contribution < -0.4 is 9.64 Å². The average Bonchev–Trinajstić information content (AvgIpc) is 3.65. The van der Waals surface area contributed by atoms with Gasteiger partial charge in [0.2, 0.25) is 10.9 Å². The fourth-order valence-electron chi connectivity index (χ4n) is 3.87. The maximum Gasteiger partial charge on any atom is 0.296 e. The van der Waals surface area contributed by atoms with Crippen molar-refractivity contribution in [1.82, 2.24) is 10.2 Å². The summed E-state index contributed by atoms with van der Waals surface area (Å²) < 4.78 is 19.7. The van der Waals surface area contributed by atoms with E-state index in [1.807, 2.05) is 0 Å². The molecule has 0 radical (unpaired) electrons. The van der Waals surface area contributed by atoms with E-state index in [0.29, 0.717) is 26.1 Å². The summed E-state index contributed by atoms with van der Waals surface area (Å²) in [6, 6.07) is 13.1. The lowest BCUT2D eigenvalue weighted by atomic mass is 9.95. The van der Waals surface area contributed by atoms with Gasteiger partial charge in [-0.15, -0.1) is 21.5 Å². The van der Waals surface area contributed by atoms with Crippen molar-refractivity contribution in [2.75, 3.05) is 12.0 Å². The number of aliphatic hydroxyl groups excluding tert-OH is 1. The smallest absolute Gasteiger partial charge is 0.296 e. The van der Waals surface area contributed by atoms with E-state index >= 15 is 0 Å². The number of thiophene rings is 1. The number of ether oxygens (including phenoxy) is 1. The van der Waals surface area contributed by atoms with Crippen LogP contribution in [0.15, 0.2) is 75.6 Å². The van der Waals surface area contributed by atoms with Gasteiger partial charge in [-0.25, -0.2) is 4.39 Å². The zero-order valence-electron chi connectivity index (χ0n) is 19.1. The number of aromatic nitrogens is 2. The molecule has 3 heterocycles. The minimum atomic E-state index is -1.05. The Kier molecular flexibility index (Phi) is 6.96. The number of carbonyl (C=O) groups excluding carboxylic acids is 2. The van der Waals surface area contributed by atoms with Crippen LogP contribution in [0.5, 0.6) is 11.5 Å². The molecule has 188 valence electrons. The average molecular weight is 556 g/mol. The zero-order valence-corrected chi connectivity index (χ0v) is 21.6. The lowest BCUT2D eigenvalue weighted by Gasteiger charge is -2.24. The highest BCUT2D eigenvalue weighted by Crippen LogP contribution is 2.45. The Hall–Kier alpha value is -3.74. The van der Waals surface area contributed by atoms with Gasteiger partial charge in [0, 0.05) is 5.75 Å². The third-order valence-corrected chi connectivity index (χ3v) is 8.60. The first kappa shape index (κ1) is 24.9. The largest absolute Gasteiger partial charge is 0.504 e. The number of carbonyl (C=O) groups is 2. The minimum Gasteiger partial charge on any atom is -0.504 e. The highest BCUT2D eigenvalue weighted by molar-refractivity contribution is 8.00. The number of benzene rings is 2. The number of hydrogen-bond donors (Lipinski definition) is 2. The van der Waals surface area contributed by atoms with Gasteiger partial charge in [0.1, 0.15) is 5.82 Å². The third-order valence-electron chi connectivity index (χ3n) is 5.63.